The number of rotatable bonds is 7. The molecule has 0 radical (unpaired) electrons. The van der Waals surface area contributed by atoms with Crippen LogP contribution in [0, 0.1) is 0 Å². The van der Waals surface area contributed by atoms with Gasteiger partial charge in [-0.2, -0.15) is 0 Å². The van der Waals surface area contributed by atoms with E-state index in [1.54, 1.807) is 36.4 Å². The van der Waals surface area contributed by atoms with Crippen molar-refractivity contribution in [3.05, 3.63) is 53.1 Å². The summed E-state index contributed by atoms with van der Waals surface area (Å²) in [6.45, 7) is 4.65. The summed E-state index contributed by atoms with van der Waals surface area (Å²) in [6.07, 6.45) is 3.66. The highest BCUT2D eigenvalue weighted by molar-refractivity contribution is 5.88. The molecule has 0 aliphatic heterocycles. The number of aromatic hydroxyl groups is 1. The van der Waals surface area contributed by atoms with E-state index in [9.17, 15) is 9.90 Å². The zero-order valence-electron chi connectivity index (χ0n) is 13.7. The van der Waals surface area contributed by atoms with E-state index in [1.807, 2.05) is 26.0 Å². The van der Waals surface area contributed by atoms with Crippen molar-refractivity contribution in [1.29, 1.82) is 0 Å². The molecular weight excluding hydrogens is 308 g/mol. The van der Waals surface area contributed by atoms with Crippen molar-refractivity contribution < 1.29 is 24.5 Å². The van der Waals surface area contributed by atoms with E-state index in [-0.39, 0.29) is 11.3 Å². The standard InChI is InChI=1S/C19H20O5/c1-3-23-17-11-15(20)12-18(24-4-2)16(17)10-7-13-5-8-14(9-6-13)19(21)22/h5-12,20H,3-4H2,1-2H3,(H,21,22)/b10-7+. The van der Waals surface area contributed by atoms with Crippen molar-refractivity contribution in [2.45, 2.75) is 13.8 Å². The summed E-state index contributed by atoms with van der Waals surface area (Å²) in [6, 6.07) is 9.62. The summed E-state index contributed by atoms with van der Waals surface area (Å²) in [5.41, 5.74) is 1.80. The second kappa shape index (κ2) is 8.06. The lowest BCUT2D eigenvalue weighted by molar-refractivity contribution is 0.0697. The van der Waals surface area contributed by atoms with E-state index in [4.69, 9.17) is 14.6 Å². The van der Waals surface area contributed by atoms with Gasteiger partial charge in [0.1, 0.15) is 17.2 Å². The molecule has 0 aromatic heterocycles. The molecule has 0 heterocycles. The number of carboxylic acid groups (broad SMARTS) is 1. The maximum atomic E-state index is 10.9. The molecule has 2 N–H and O–H groups in total. The Morgan fingerprint density at radius 2 is 1.54 bits per heavy atom. The molecule has 0 fully saturated rings. The number of carboxylic acids is 1. The van der Waals surface area contributed by atoms with Crippen LogP contribution in [0.15, 0.2) is 36.4 Å². The Hall–Kier alpha value is -2.95. The van der Waals surface area contributed by atoms with E-state index >= 15 is 0 Å². The summed E-state index contributed by atoms with van der Waals surface area (Å²) in [5.74, 6) is 0.171. The topological polar surface area (TPSA) is 76.0 Å². The summed E-state index contributed by atoms with van der Waals surface area (Å²) in [5, 5.41) is 18.7. The van der Waals surface area contributed by atoms with E-state index in [0.717, 1.165) is 11.1 Å². The van der Waals surface area contributed by atoms with Crippen molar-refractivity contribution in [1.82, 2.24) is 0 Å². The first-order valence-corrected chi connectivity index (χ1v) is 7.69. The second-order valence-corrected chi connectivity index (χ2v) is 4.98. The van der Waals surface area contributed by atoms with E-state index in [0.29, 0.717) is 24.7 Å². The quantitative estimate of drug-likeness (QED) is 0.750. The number of carbonyl (C=O) groups is 1. The van der Waals surface area contributed by atoms with Crippen LogP contribution < -0.4 is 9.47 Å². The van der Waals surface area contributed by atoms with E-state index in [2.05, 4.69) is 0 Å². The van der Waals surface area contributed by atoms with Gasteiger partial charge in [-0.15, -0.1) is 0 Å². The first kappa shape index (κ1) is 17.4. The van der Waals surface area contributed by atoms with Gasteiger partial charge in [0.05, 0.1) is 24.3 Å². The molecule has 2 aromatic carbocycles. The average Bonchev–Trinajstić information content (AvgIpc) is 2.55. The molecule has 0 atom stereocenters. The van der Waals surface area contributed by atoms with Crippen LogP contribution in [0.1, 0.15) is 35.3 Å². The molecule has 0 amide bonds. The van der Waals surface area contributed by atoms with Crippen LogP contribution in [0.5, 0.6) is 17.2 Å². The van der Waals surface area contributed by atoms with Crippen LogP contribution in [0.25, 0.3) is 12.2 Å². The molecule has 5 heteroatoms. The van der Waals surface area contributed by atoms with Crippen molar-refractivity contribution in [3.63, 3.8) is 0 Å². The number of benzene rings is 2. The Morgan fingerprint density at radius 3 is 2.00 bits per heavy atom. The van der Waals surface area contributed by atoms with Gasteiger partial charge in [0.25, 0.3) is 0 Å². The number of ether oxygens (including phenoxy) is 2. The van der Waals surface area contributed by atoms with Gasteiger partial charge in [0.2, 0.25) is 0 Å². The van der Waals surface area contributed by atoms with Crippen molar-refractivity contribution in [3.8, 4) is 17.2 Å². The average molecular weight is 328 g/mol. The molecule has 0 unspecified atom stereocenters. The maximum absolute atomic E-state index is 10.9. The zero-order valence-corrected chi connectivity index (χ0v) is 13.7. The van der Waals surface area contributed by atoms with Crippen LogP contribution in [0.4, 0.5) is 0 Å². The lowest BCUT2D eigenvalue weighted by Crippen LogP contribution is -1.99. The second-order valence-electron chi connectivity index (χ2n) is 4.98. The van der Waals surface area contributed by atoms with Crippen LogP contribution in [0.3, 0.4) is 0 Å². The molecule has 0 bridgehead atoms. The fourth-order valence-electron chi connectivity index (χ4n) is 2.22. The van der Waals surface area contributed by atoms with Crippen molar-refractivity contribution in [2.24, 2.45) is 0 Å². The Kier molecular flexibility index (Phi) is 5.84. The summed E-state index contributed by atoms with van der Waals surface area (Å²) in [4.78, 5) is 10.9. The number of hydrogen-bond acceptors (Lipinski definition) is 4. The molecule has 24 heavy (non-hydrogen) atoms. The third kappa shape index (κ3) is 4.29. The minimum absolute atomic E-state index is 0.0739. The Balaban J connectivity index is 2.37. The first-order valence-electron chi connectivity index (χ1n) is 7.69. The number of aromatic carboxylic acids is 1. The van der Waals surface area contributed by atoms with Gasteiger partial charge in [-0.05, 0) is 37.6 Å². The zero-order chi connectivity index (χ0) is 17.5. The Morgan fingerprint density at radius 1 is 1.00 bits per heavy atom. The molecular formula is C19H20O5. The van der Waals surface area contributed by atoms with Crippen LogP contribution in [-0.2, 0) is 0 Å². The first-order chi connectivity index (χ1) is 11.5. The third-order valence-electron chi connectivity index (χ3n) is 3.29. The maximum Gasteiger partial charge on any atom is 0.335 e. The minimum Gasteiger partial charge on any atom is -0.508 e. The molecule has 5 nitrogen and oxygen atoms in total. The van der Waals surface area contributed by atoms with E-state index < -0.39 is 5.97 Å². The number of phenolic OH excluding ortho intramolecular Hbond substituents is 1. The number of hydrogen-bond donors (Lipinski definition) is 2. The normalized spacial score (nSPS) is 10.8. The van der Waals surface area contributed by atoms with Gasteiger partial charge in [0.15, 0.2) is 0 Å². The molecule has 0 aliphatic carbocycles. The molecule has 2 aromatic rings. The van der Waals surface area contributed by atoms with Crippen LogP contribution >= 0.6 is 0 Å². The molecule has 2 rings (SSSR count). The smallest absolute Gasteiger partial charge is 0.335 e. The van der Waals surface area contributed by atoms with Crippen LogP contribution in [-0.4, -0.2) is 29.4 Å². The lowest BCUT2D eigenvalue weighted by Gasteiger charge is -2.13. The van der Waals surface area contributed by atoms with Gasteiger partial charge in [0, 0.05) is 12.1 Å². The largest absolute Gasteiger partial charge is 0.508 e. The highest BCUT2D eigenvalue weighted by atomic mass is 16.5. The van der Waals surface area contributed by atoms with Crippen molar-refractivity contribution >= 4 is 18.1 Å². The van der Waals surface area contributed by atoms with Crippen molar-refractivity contribution in [2.75, 3.05) is 13.2 Å². The summed E-state index contributed by atoms with van der Waals surface area (Å²) < 4.78 is 11.1. The van der Waals surface area contributed by atoms with Gasteiger partial charge in [-0.1, -0.05) is 18.2 Å². The summed E-state index contributed by atoms with van der Waals surface area (Å²) >= 11 is 0. The Bertz CT molecular complexity index is 705. The van der Waals surface area contributed by atoms with E-state index in [1.165, 1.54) is 0 Å². The summed E-state index contributed by atoms with van der Waals surface area (Å²) in [7, 11) is 0. The fraction of sp³-hybridized carbons (Fsp3) is 0.211. The third-order valence-corrected chi connectivity index (χ3v) is 3.29. The predicted octanol–water partition coefficient (Wildman–Crippen LogP) is 4.06. The highest BCUT2D eigenvalue weighted by Gasteiger charge is 2.11. The van der Waals surface area contributed by atoms with Gasteiger partial charge < -0.3 is 19.7 Å². The molecule has 0 saturated carbocycles. The number of phenols is 1. The molecule has 0 saturated heterocycles. The lowest BCUT2D eigenvalue weighted by atomic mass is 10.1. The molecule has 0 spiro atoms. The minimum atomic E-state index is -0.957. The van der Waals surface area contributed by atoms with Gasteiger partial charge in [-0.25, -0.2) is 4.79 Å². The highest BCUT2D eigenvalue weighted by Crippen LogP contribution is 2.35. The van der Waals surface area contributed by atoms with Gasteiger partial charge >= 0.3 is 5.97 Å². The fourth-order valence-corrected chi connectivity index (χ4v) is 2.22. The molecule has 0 aliphatic rings. The monoisotopic (exact) mass is 328 g/mol. The molecule has 126 valence electrons. The van der Waals surface area contributed by atoms with Gasteiger partial charge in [-0.3, -0.25) is 0 Å². The predicted molar refractivity (Wildman–Crippen MR) is 92.8 cm³/mol. The SMILES string of the molecule is CCOc1cc(O)cc(OCC)c1/C=C/c1ccc(C(=O)O)cc1. The van der Waals surface area contributed by atoms with Crippen LogP contribution in [0.2, 0.25) is 0 Å². The Labute approximate surface area is 140 Å².